The van der Waals surface area contributed by atoms with E-state index in [1.165, 1.54) is 0 Å². The largest absolute Gasteiger partial charge is 0.464 e. The first kappa shape index (κ1) is 13.0. The maximum absolute atomic E-state index is 5.70. The monoisotopic (exact) mass is 245 g/mol. The van der Waals surface area contributed by atoms with E-state index >= 15 is 0 Å². The Balaban J connectivity index is 2.51. The van der Waals surface area contributed by atoms with Gasteiger partial charge in [0.05, 0.1) is 13.2 Å². The minimum Gasteiger partial charge on any atom is -0.464 e. The molecule has 0 atom stereocenters. The van der Waals surface area contributed by atoms with Crippen LogP contribution in [0, 0.1) is 0 Å². The number of hydrogen-bond acceptors (Lipinski definition) is 5. The second kappa shape index (κ2) is 7.22. The van der Waals surface area contributed by atoms with Gasteiger partial charge in [-0.25, -0.2) is 0 Å². The highest BCUT2D eigenvalue weighted by Crippen LogP contribution is 2.13. The molecular formula is C10H16ClN3O2. The Bertz CT molecular complexity index is 323. The van der Waals surface area contributed by atoms with Gasteiger partial charge in [-0.15, -0.1) is 4.98 Å². The third-order valence-corrected chi connectivity index (χ3v) is 1.99. The van der Waals surface area contributed by atoms with Gasteiger partial charge in [-0.3, -0.25) is 0 Å². The smallest absolute Gasteiger partial charge is 0.323 e. The van der Waals surface area contributed by atoms with Crippen molar-refractivity contribution in [3.8, 4) is 12.0 Å². The highest BCUT2D eigenvalue weighted by atomic mass is 35.5. The summed E-state index contributed by atoms with van der Waals surface area (Å²) < 4.78 is 10.5. The molecule has 0 radical (unpaired) electrons. The molecule has 0 fully saturated rings. The number of aromatic nitrogens is 3. The molecule has 1 heterocycles. The second-order valence-corrected chi connectivity index (χ2v) is 3.50. The van der Waals surface area contributed by atoms with E-state index in [0.717, 1.165) is 19.3 Å². The highest BCUT2D eigenvalue weighted by molar-refractivity contribution is 6.28. The van der Waals surface area contributed by atoms with Gasteiger partial charge < -0.3 is 9.47 Å². The summed E-state index contributed by atoms with van der Waals surface area (Å²) in [6.07, 6.45) is 3.24. The Morgan fingerprint density at radius 3 is 2.31 bits per heavy atom. The molecule has 1 rings (SSSR count). The molecule has 0 aromatic carbocycles. The van der Waals surface area contributed by atoms with Crippen molar-refractivity contribution < 1.29 is 9.47 Å². The van der Waals surface area contributed by atoms with Crippen LogP contribution in [0.15, 0.2) is 0 Å². The van der Waals surface area contributed by atoms with Crippen molar-refractivity contribution >= 4 is 11.6 Å². The lowest BCUT2D eigenvalue weighted by Crippen LogP contribution is -2.05. The normalized spacial score (nSPS) is 10.2. The zero-order chi connectivity index (χ0) is 11.8. The molecule has 1 aromatic rings. The van der Waals surface area contributed by atoms with Crippen LogP contribution >= 0.6 is 11.6 Å². The first-order valence-corrected chi connectivity index (χ1v) is 5.81. The zero-order valence-electron chi connectivity index (χ0n) is 9.57. The van der Waals surface area contributed by atoms with Gasteiger partial charge in [-0.2, -0.15) is 9.97 Å². The van der Waals surface area contributed by atoms with E-state index in [0.29, 0.717) is 13.2 Å². The summed E-state index contributed by atoms with van der Waals surface area (Å²) in [5.41, 5.74) is 0. The second-order valence-electron chi connectivity index (χ2n) is 3.16. The fourth-order valence-corrected chi connectivity index (χ4v) is 1.23. The molecule has 0 aliphatic heterocycles. The SMILES string of the molecule is CCCCCOc1nc(Cl)nc(OCC)n1. The molecule has 0 unspecified atom stereocenters. The van der Waals surface area contributed by atoms with Gasteiger partial charge in [-0.05, 0) is 24.9 Å². The Morgan fingerprint density at radius 1 is 1.00 bits per heavy atom. The molecule has 0 spiro atoms. The van der Waals surface area contributed by atoms with Crippen LogP contribution in [-0.4, -0.2) is 28.2 Å². The first-order chi connectivity index (χ1) is 7.76. The predicted octanol–water partition coefficient (Wildman–Crippen LogP) is 2.49. The van der Waals surface area contributed by atoms with E-state index in [1.807, 2.05) is 6.92 Å². The van der Waals surface area contributed by atoms with Crippen LogP contribution in [0.2, 0.25) is 5.28 Å². The molecular weight excluding hydrogens is 230 g/mol. The minimum atomic E-state index is 0.0870. The molecule has 0 aliphatic carbocycles. The van der Waals surface area contributed by atoms with Gasteiger partial charge in [0, 0.05) is 0 Å². The van der Waals surface area contributed by atoms with Crippen molar-refractivity contribution in [1.82, 2.24) is 15.0 Å². The summed E-state index contributed by atoms with van der Waals surface area (Å²) in [5.74, 6) is 0. The average Bonchev–Trinajstić information content (AvgIpc) is 2.24. The number of ether oxygens (including phenoxy) is 2. The molecule has 1 aromatic heterocycles. The number of rotatable bonds is 7. The fourth-order valence-electron chi connectivity index (χ4n) is 1.09. The lowest BCUT2D eigenvalue weighted by atomic mass is 10.3. The van der Waals surface area contributed by atoms with Crippen molar-refractivity contribution in [2.24, 2.45) is 0 Å². The molecule has 16 heavy (non-hydrogen) atoms. The van der Waals surface area contributed by atoms with E-state index < -0.39 is 0 Å². The molecule has 0 bridgehead atoms. The van der Waals surface area contributed by atoms with Crippen molar-refractivity contribution in [3.05, 3.63) is 5.28 Å². The third-order valence-electron chi connectivity index (χ3n) is 1.82. The van der Waals surface area contributed by atoms with Gasteiger partial charge in [0.1, 0.15) is 0 Å². The predicted molar refractivity (Wildman–Crippen MR) is 61.0 cm³/mol. The van der Waals surface area contributed by atoms with Crippen LogP contribution in [0.1, 0.15) is 33.1 Å². The van der Waals surface area contributed by atoms with Crippen molar-refractivity contribution in [1.29, 1.82) is 0 Å². The van der Waals surface area contributed by atoms with Gasteiger partial charge >= 0.3 is 12.0 Å². The molecule has 90 valence electrons. The first-order valence-electron chi connectivity index (χ1n) is 5.43. The Kier molecular flexibility index (Phi) is 5.85. The molecule has 5 nitrogen and oxygen atoms in total. The molecule has 0 aliphatic rings. The van der Waals surface area contributed by atoms with Crippen LogP contribution in [-0.2, 0) is 0 Å². The molecule has 0 saturated carbocycles. The lowest BCUT2D eigenvalue weighted by Gasteiger charge is -2.05. The number of nitrogens with zero attached hydrogens (tertiary/aromatic N) is 3. The summed E-state index contributed by atoms with van der Waals surface area (Å²) in [4.78, 5) is 11.6. The Labute approximate surface area is 100 Å². The highest BCUT2D eigenvalue weighted by Gasteiger charge is 2.06. The molecule has 0 amide bonds. The maximum Gasteiger partial charge on any atom is 0.323 e. The van der Waals surface area contributed by atoms with Gasteiger partial charge in [0.2, 0.25) is 5.28 Å². The van der Waals surface area contributed by atoms with Crippen LogP contribution in [0.5, 0.6) is 12.0 Å². The quantitative estimate of drug-likeness (QED) is 0.691. The Morgan fingerprint density at radius 2 is 1.69 bits per heavy atom. The maximum atomic E-state index is 5.70. The average molecular weight is 246 g/mol. The zero-order valence-corrected chi connectivity index (χ0v) is 10.3. The topological polar surface area (TPSA) is 57.1 Å². The van der Waals surface area contributed by atoms with E-state index in [-0.39, 0.29) is 17.3 Å². The summed E-state index contributed by atoms with van der Waals surface area (Å²) in [7, 11) is 0. The van der Waals surface area contributed by atoms with E-state index in [1.54, 1.807) is 0 Å². The summed E-state index contributed by atoms with van der Waals surface area (Å²) >= 11 is 5.70. The fraction of sp³-hybridized carbons (Fsp3) is 0.700. The van der Waals surface area contributed by atoms with E-state index in [2.05, 4.69) is 21.9 Å². The number of hydrogen-bond donors (Lipinski definition) is 0. The van der Waals surface area contributed by atoms with E-state index in [4.69, 9.17) is 21.1 Å². The van der Waals surface area contributed by atoms with E-state index in [9.17, 15) is 0 Å². The van der Waals surface area contributed by atoms with Gasteiger partial charge in [0.25, 0.3) is 0 Å². The minimum absolute atomic E-state index is 0.0870. The summed E-state index contributed by atoms with van der Waals surface area (Å²) in [6, 6.07) is 0.424. The standard InChI is InChI=1S/C10H16ClN3O2/c1-3-5-6-7-16-10-13-8(11)12-9(14-10)15-4-2/h3-7H2,1-2H3. The van der Waals surface area contributed by atoms with Crippen LogP contribution < -0.4 is 9.47 Å². The number of halogens is 1. The van der Waals surface area contributed by atoms with Crippen molar-refractivity contribution in [3.63, 3.8) is 0 Å². The van der Waals surface area contributed by atoms with Gasteiger partial charge in [0.15, 0.2) is 0 Å². The molecule has 0 saturated heterocycles. The van der Waals surface area contributed by atoms with Crippen molar-refractivity contribution in [2.45, 2.75) is 33.1 Å². The third kappa shape index (κ3) is 4.61. The Hall–Kier alpha value is -1.10. The van der Waals surface area contributed by atoms with Gasteiger partial charge in [-0.1, -0.05) is 19.8 Å². The van der Waals surface area contributed by atoms with Crippen molar-refractivity contribution in [2.75, 3.05) is 13.2 Å². The lowest BCUT2D eigenvalue weighted by molar-refractivity contribution is 0.263. The molecule has 0 N–H and O–H groups in total. The van der Waals surface area contributed by atoms with Crippen LogP contribution in [0.25, 0.3) is 0 Å². The summed E-state index contributed by atoms with van der Waals surface area (Å²) in [6.45, 7) is 5.04. The number of unbranched alkanes of at least 4 members (excludes halogenated alkanes) is 2. The van der Waals surface area contributed by atoms with Crippen LogP contribution in [0.3, 0.4) is 0 Å². The molecule has 6 heteroatoms. The summed E-state index contributed by atoms with van der Waals surface area (Å²) in [5, 5.41) is 0.0870. The van der Waals surface area contributed by atoms with Crippen LogP contribution in [0.4, 0.5) is 0 Å².